The summed E-state index contributed by atoms with van der Waals surface area (Å²) in [6.45, 7) is 5.48. The second-order valence-electron chi connectivity index (χ2n) is 6.37. The average molecular weight is 314 g/mol. The Balaban J connectivity index is 1.58. The van der Waals surface area contributed by atoms with E-state index in [-0.39, 0.29) is 12.0 Å². The molecular formula is C18H22N2O3. The van der Waals surface area contributed by atoms with Crippen LogP contribution in [0.3, 0.4) is 0 Å². The number of likely N-dealkylation sites (tertiary alicyclic amines) is 1. The van der Waals surface area contributed by atoms with Gasteiger partial charge >= 0.3 is 0 Å². The van der Waals surface area contributed by atoms with Crippen LogP contribution in [0.25, 0.3) is 0 Å². The molecule has 2 aromatic rings. The molecule has 0 bridgehead atoms. The number of benzene rings is 1. The highest BCUT2D eigenvalue weighted by Gasteiger charge is 2.30. The monoisotopic (exact) mass is 314 g/mol. The highest BCUT2D eigenvalue weighted by molar-refractivity contribution is 5.91. The average Bonchev–Trinajstić information content (AvgIpc) is 3.17. The van der Waals surface area contributed by atoms with E-state index >= 15 is 0 Å². The molecule has 2 heterocycles. The molecule has 0 radical (unpaired) electrons. The van der Waals surface area contributed by atoms with Crippen LogP contribution in [0.4, 0.5) is 0 Å². The van der Waals surface area contributed by atoms with Crippen molar-refractivity contribution < 1.29 is 14.1 Å². The molecule has 122 valence electrons. The number of carbonyl (C=O) groups is 1. The fourth-order valence-electron chi connectivity index (χ4n) is 2.78. The molecule has 0 saturated carbocycles. The third-order valence-electron chi connectivity index (χ3n) is 3.87. The summed E-state index contributed by atoms with van der Waals surface area (Å²) in [5.41, 5.74) is 0.833. The maximum atomic E-state index is 12.5. The van der Waals surface area contributed by atoms with Crippen molar-refractivity contribution in [2.45, 2.75) is 32.8 Å². The Morgan fingerprint density at radius 2 is 2.17 bits per heavy atom. The Morgan fingerprint density at radius 1 is 1.39 bits per heavy atom. The van der Waals surface area contributed by atoms with E-state index in [2.05, 4.69) is 19.0 Å². The fourth-order valence-corrected chi connectivity index (χ4v) is 2.78. The lowest BCUT2D eigenvalue weighted by molar-refractivity contribution is 0.0731. The minimum absolute atomic E-state index is 0.0272. The lowest BCUT2D eigenvalue weighted by Crippen LogP contribution is -2.30. The number of ether oxygens (including phenoxy) is 1. The molecule has 5 heteroatoms. The number of rotatable bonds is 5. The van der Waals surface area contributed by atoms with Crippen LogP contribution in [0.2, 0.25) is 0 Å². The van der Waals surface area contributed by atoms with Gasteiger partial charge in [0.25, 0.3) is 5.91 Å². The van der Waals surface area contributed by atoms with Gasteiger partial charge in [-0.1, -0.05) is 37.2 Å². The normalized spacial score (nSPS) is 17.7. The number of carbonyl (C=O) groups excluding carboxylic acids is 1. The van der Waals surface area contributed by atoms with Gasteiger partial charge in [-0.15, -0.1) is 0 Å². The molecular weight excluding hydrogens is 292 g/mol. The second-order valence-corrected chi connectivity index (χ2v) is 6.37. The third kappa shape index (κ3) is 3.92. The Morgan fingerprint density at radius 3 is 2.91 bits per heavy atom. The summed E-state index contributed by atoms with van der Waals surface area (Å²) in [6, 6.07) is 11.5. The van der Waals surface area contributed by atoms with Gasteiger partial charge in [0.05, 0.1) is 12.2 Å². The van der Waals surface area contributed by atoms with Crippen molar-refractivity contribution in [3.63, 3.8) is 0 Å². The Labute approximate surface area is 136 Å². The first kappa shape index (κ1) is 15.6. The minimum Gasteiger partial charge on any atom is -0.489 e. The van der Waals surface area contributed by atoms with Crippen molar-refractivity contribution in [2.24, 2.45) is 5.92 Å². The molecule has 1 aliphatic rings. The Bertz CT molecular complexity index is 651. The molecule has 1 amide bonds. The van der Waals surface area contributed by atoms with Crippen LogP contribution < -0.4 is 4.74 Å². The zero-order chi connectivity index (χ0) is 16.2. The zero-order valence-electron chi connectivity index (χ0n) is 13.6. The highest BCUT2D eigenvalue weighted by Crippen LogP contribution is 2.20. The summed E-state index contributed by atoms with van der Waals surface area (Å²) >= 11 is 0. The van der Waals surface area contributed by atoms with Crippen LogP contribution in [-0.4, -0.2) is 35.2 Å². The first-order valence-corrected chi connectivity index (χ1v) is 8.08. The molecule has 0 unspecified atom stereocenters. The molecule has 23 heavy (non-hydrogen) atoms. The molecule has 1 aromatic carbocycles. The standard InChI is InChI=1S/C18H22N2O3/c1-13(2)10-14-11-17(23-19-14)18(21)20-9-8-16(12-20)22-15-6-4-3-5-7-15/h3-7,11,13,16H,8-10,12H2,1-2H3/t16-/m1/s1. The van der Waals surface area contributed by atoms with E-state index in [1.54, 1.807) is 11.0 Å². The Kier molecular flexibility index (Phi) is 4.65. The molecule has 1 saturated heterocycles. The SMILES string of the molecule is CC(C)Cc1cc(C(=O)N2CC[C@@H](Oc3ccccc3)C2)on1. The number of nitrogens with zero attached hydrogens (tertiary/aromatic N) is 2. The van der Waals surface area contributed by atoms with Crippen molar-refractivity contribution >= 4 is 5.91 Å². The number of amides is 1. The van der Waals surface area contributed by atoms with E-state index in [4.69, 9.17) is 9.26 Å². The van der Waals surface area contributed by atoms with Crippen molar-refractivity contribution in [3.8, 4) is 5.75 Å². The zero-order valence-corrected chi connectivity index (χ0v) is 13.6. The van der Waals surface area contributed by atoms with Crippen molar-refractivity contribution in [2.75, 3.05) is 13.1 Å². The van der Waals surface area contributed by atoms with Crippen molar-refractivity contribution in [3.05, 3.63) is 47.9 Å². The highest BCUT2D eigenvalue weighted by atomic mass is 16.5. The van der Waals surface area contributed by atoms with Gasteiger partial charge in [-0.05, 0) is 24.5 Å². The van der Waals surface area contributed by atoms with Crippen LogP contribution in [0.5, 0.6) is 5.75 Å². The minimum atomic E-state index is -0.105. The molecule has 1 fully saturated rings. The summed E-state index contributed by atoms with van der Waals surface area (Å²) in [5.74, 6) is 1.54. The second kappa shape index (κ2) is 6.86. The Hall–Kier alpha value is -2.30. The maximum Gasteiger partial charge on any atom is 0.292 e. The van der Waals surface area contributed by atoms with E-state index in [9.17, 15) is 4.79 Å². The summed E-state index contributed by atoms with van der Waals surface area (Å²) in [5, 5.41) is 3.98. The van der Waals surface area contributed by atoms with E-state index in [1.165, 1.54) is 0 Å². The molecule has 3 rings (SSSR count). The summed E-state index contributed by atoms with van der Waals surface area (Å²) in [4.78, 5) is 14.3. The smallest absolute Gasteiger partial charge is 0.292 e. The van der Waals surface area contributed by atoms with Crippen LogP contribution >= 0.6 is 0 Å². The predicted octanol–water partition coefficient (Wildman–Crippen LogP) is 3.17. The topological polar surface area (TPSA) is 55.6 Å². The summed E-state index contributed by atoms with van der Waals surface area (Å²) in [6.07, 6.45) is 1.67. The van der Waals surface area contributed by atoms with Gasteiger partial charge in [0.1, 0.15) is 11.9 Å². The third-order valence-corrected chi connectivity index (χ3v) is 3.87. The fraction of sp³-hybridized carbons (Fsp3) is 0.444. The van der Waals surface area contributed by atoms with Gasteiger partial charge in [0.2, 0.25) is 5.76 Å². The number of para-hydroxylation sites is 1. The first-order chi connectivity index (χ1) is 11.1. The van der Waals surface area contributed by atoms with Crippen LogP contribution in [0.1, 0.15) is 36.5 Å². The van der Waals surface area contributed by atoms with Gasteiger partial charge in [0.15, 0.2) is 0 Å². The summed E-state index contributed by atoms with van der Waals surface area (Å²) in [7, 11) is 0. The molecule has 1 aromatic heterocycles. The number of hydrogen-bond acceptors (Lipinski definition) is 4. The molecule has 0 N–H and O–H groups in total. The van der Waals surface area contributed by atoms with Crippen LogP contribution in [-0.2, 0) is 6.42 Å². The van der Waals surface area contributed by atoms with Gasteiger partial charge in [0, 0.05) is 19.0 Å². The lowest BCUT2D eigenvalue weighted by atomic mass is 10.1. The molecule has 1 atom stereocenters. The van der Waals surface area contributed by atoms with E-state index < -0.39 is 0 Å². The van der Waals surface area contributed by atoms with Crippen molar-refractivity contribution in [1.82, 2.24) is 10.1 Å². The van der Waals surface area contributed by atoms with Gasteiger partial charge in [-0.3, -0.25) is 4.79 Å². The lowest BCUT2D eigenvalue weighted by Gasteiger charge is -2.15. The first-order valence-electron chi connectivity index (χ1n) is 8.08. The predicted molar refractivity (Wildman–Crippen MR) is 86.4 cm³/mol. The van der Waals surface area contributed by atoms with Crippen molar-refractivity contribution in [1.29, 1.82) is 0 Å². The summed E-state index contributed by atoms with van der Waals surface area (Å²) < 4.78 is 11.1. The van der Waals surface area contributed by atoms with Crippen LogP contribution in [0.15, 0.2) is 40.9 Å². The van der Waals surface area contributed by atoms with Crippen LogP contribution in [0, 0.1) is 5.92 Å². The van der Waals surface area contributed by atoms with E-state index in [0.29, 0.717) is 24.8 Å². The largest absolute Gasteiger partial charge is 0.489 e. The van der Waals surface area contributed by atoms with Gasteiger partial charge in [-0.25, -0.2) is 0 Å². The maximum absolute atomic E-state index is 12.5. The molecule has 0 spiro atoms. The van der Waals surface area contributed by atoms with Gasteiger partial charge < -0.3 is 14.2 Å². The quantitative estimate of drug-likeness (QED) is 0.850. The molecule has 0 aliphatic carbocycles. The molecule has 1 aliphatic heterocycles. The van der Waals surface area contributed by atoms with E-state index in [0.717, 1.165) is 24.3 Å². The van der Waals surface area contributed by atoms with Gasteiger partial charge in [-0.2, -0.15) is 0 Å². The van der Waals surface area contributed by atoms with E-state index in [1.807, 2.05) is 30.3 Å². The number of hydrogen-bond donors (Lipinski definition) is 0. The molecule has 5 nitrogen and oxygen atoms in total. The number of aromatic nitrogens is 1.